The molecule has 4 fully saturated rings. The van der Waals surface area contributed by atoms with E-state index in [9.17, 15) is 4.79 Å². The summed E-state index contributed by atoms with van der Waals surface area (Å²) in [6, 6.07) is 7.78. The van der Waals surface area contributed by atoms with E-state index in [1.165, 1.54) is 38.5 Å². The van der Waals surface area contributed by atoms with Gasteiger partial charge in [-0.3, -0.25) is 0 Å². The maximum Gasteiger partial charge on any atom is 0.319 e. The van der Waals surface area contributed by atoms with Crippen LogP contribution < -0.4 is 10.6 Å². The average Bonchev–Trinajstić information content (AvgIpc) is 3.07. The highest BCUT2D eigenvalue weighted by atomic mass is 16.2. The number of urea groups is 1. The van der Waals surface area contributed by atoms with E-state index in [-0.39, 0.29) is 11.6 Å². The van der Waals surface area contributed by atoms with Gasteiger partial charge in [-0.2, -0.15) is 0 Å². The lowest BCUT2D eigenvalue weighted by molar-refractivity contribution is -0.102. The molecule has 6 rings (SSSR count). The first-order valence-corrected chi connectivity index (χ1v) is 9.31. The van der Waals surface area contributed by atoms with Gasteiger partial charge in [-0.25, -0.2) is 9.78 Å². The number of benzene rings is 1. The minimum Gasteiger partial charge on any atom is -0.332 e. The number of amides is 2. The van der Waals surface area contributed by atoms with Crippen LogP contribution in [0.2, 0.25) is 0 Å². The van der Waals surface area contributed by atoms with Crippen molar-refractivity contribution in [2.75, 3.05) is 5.32 Å². The fourth-order valence-electron chi connectivity index (χ4n) is 5.86. The predicted octanol–water partition coefficient (Wildman–Crippen LogP) is 4.11. The Balaban J connectivity index is 1.27. The number of carbonyl (C=O) groups excluding carboxylic acids is 1. The lowest BCUT2D eigenvalue weighted by Crippen LogP contribution is -2.67. The van der Waals surface area contributed by atoms with Gasteiger partial charge in [-0.05, 0) is 61.6 Å². The molecular weight excluding hydrogens is 312 g/mol. The summed E-state index contributed by atoms with van der Waals surface area (Å²) in [7, 11) is 0. The van der Waals surface area contributed by atoms with Gasteiger partial charge < -0.3 is 15.2 Å². The molecule has 0 radical (unpaired) electrons. The van der Waals surface area contributed by atoms with Crippen molar-refractivity contribution in [3.05, 3.63) is 43.0 Å². The zero-order valence-corrected chi connectivity index (χ0v) is 14.4. The van der Waals surface area contributed by atoms with Crippen molar-refractivity contribution in [2.45, 2.75) is 50.5 Å². The fraction of sp³-hybridized carbons (Fsp3) is 0.500. The quantitative estimate of drug-likeness (QED) is 0.886. The molecule has 3 bridgehead atoms. The third kappa shape index (κ3) is 2.62. The fourth-order valence-corrected chi connectivity index (χ4v) is 5.86. The first-order chi connectivity index (χ1) is 12.1. The van der Waals surface area contributed by atoms with Gasteiger partial charge >= 0.3 is 6.03 Å². The molecule has 1 aromatic carbocycles. The first-order valence-electron chi connectivity index (χ1n) is 9.31. The number of carbonyl (C=O) groups is 1. The van der Waals surface area contributed by atoms with E-state index in [1.54, 1.807) is 12.5 Å². The van der Waals surface area contributed by atoms with Crippen LogP contribution in [-0.4, -0.2) is 21.1 Å². The van der Waals surface area contributed by atoms with Crippen LogP contribution in [0.25, 0.3) is 5.69 Å². The Hall–Kier alpha value is -2.30. The molecule has 0 aliphatic heterocycles. The summed E-state index contributed by atoms with van der Waals surface area (Å²) in [5.74, 6) is 0.820. The molecule has 5 heteroatoms. The van der Waals surface area contributed by atoms with E-state index in [0.717, 1.165) is 23.7 Å². The molecule has 2 N–H and O–H groups in total. The summed E-state index contributed by atoms with van der Waals surface area (Å²) in [5.41, 5.74) is 2.40. The summed E-state index contributed by atoms with van der Waals surface area (Å²) in [6.45, 7) is 0. The van der Waals surface area contributed by atoms with Crippen LogP contribution in [0.3, 0.4) is 0 Å². The normalized spacial score (nSPS) is 32.6. The van der Waals surface area contributed by atoms with Crippen molar-refractivity contribution in [3.8, 4) is 5.69 Å². The zero-order valence-electron chi connectivity index (χ0n) is 14.4. The molecule has 2 amide bonds. The summed E-state index contributed by atoms with van der Waals surface area (Å²) in [6.07, 6.45) is 14.4. The van der Waals surface area contributed by atoms with Gasteiger partial charge in [0.15, 0.2) is 0 Å². The van der Waals surface area contributed by atoms with E-state index in [2.05, 4.69) is 15.6 Å². The Kier molecular flexibility index (Phi) is 3.21. The molecule has 2 aromatic rings. The second-order valence-electron chi connectivity index (χ2n) is 8.40. The first kappa shape index (κ1) is 15.0. The largest absolute Gasteiger partial charge is 0.332 e. The van der Waals surface area contributed by atoms with Crippen LogP contribution >= 0.6 is 0 Å². The van der Waals surface area contributed by atoms with Gasteiger partial charge in [0.05, 0.1) is 6.33 Å². The molecule has 1 aromatic heterocycles. The Morgan fingerprint density at radius 2 is 2.20 bits per heavy atom. The van der Waals surface area contributed by atoms with E-state index in [4.69, 9.17) is 0 Å². The highest BCUT2D eigenvalue weighted by Crippen LogP contribution is 2.65. The number of rotatable bonds is 3. The van der Waals surface area contributed by atoms with Gasteiger partial charge in [0.2, 0.25) is 0 Å². The topological polar surface area (TPSA) is 59.0 Å². The number of imidazole rings is 1. The van der Waals surface area contributed by atoms with Crippen LogP contribution in [0.1, 0.15) is 44.9 Å². The number of anilines is 1. The summed E-state index contributed by atoms with van der Waals surface area (Å²) in [4.78, 5) is 16.7. The smallest absolute Gasteiger partial charge is 0.319 e. The Morgan fingerprint density at radius 3 is 3.00 bits per heavy atom. The average molecular weight is 336 g/mol. The van der Waals surface area contributed by atoms with Crippen LogP contribution in [0.4, 0.5) is 10.5 Å². The van der Waals surface area contributed by atoms with Gasteiger partial charge in [0.1, 0.15) is 0 Å². The maximum absolute atomic E-state index is 12.6. The standard InChI is InChI=1S/C20H24N4O/c25-18(22-16-4-1-5-17(9-16)24-8-7-21-14-24)23-20-11-15-3-2-6-19(10-15,12-20)13-20/h1,4-5,7-9,14-15H,2-3,6,10-13H2,(H2,22,23,25). The third-order valence-electron chi connectivity index (χ3n) is 6.43. The zero-order chi connectivity index (χ0) is 16.9. The van der Waals surface area contributed by atoms with Crippen LogP contribution in [0.15, 0.2) is 43.0 Å². The highest BCUT2D eigenvalue weighted by molar-refractivity contribution is 5.90. The molecule has 1 spiro atoms. The van der Waals surface area contributed by atoms with Gasteiger partial charge in [-0.15, -0.1) is 0 Å². The second kappa shape index (κ2) is 5.35. The van der Waals surface area contributed by atoms with Gasteiger partial charge in [0.25, 0.3) is 0 Å². The lowest BCUT2D eigenvalue weighted by atomic mass is 9.43. The lowest BCUT2D eigenvalue weighted by Gasteiger charge is -2.65. The molecule has 0 saturated heterocycles. The van der Waals surface area contributed by atoms with Crippen molar-refractivity contribution in [1.29, 1.82) is 0 Å². The Labute approximate surface area is 147 Å². The molecule has 5 nitrogen and oxygen atoms in total. The number of hydrogen-bond donors (Lipinski definition) is 2. The molecule has 4 aliphatic rings. The van der Waals surface area contributed by atoms with E-state index in [1.807, 2.05) is 35.0 Å². The maximum atomic E-state index is 12.6. The van der Waals surface area contributed by atoms with Gasteiger partial charge in [-0.1, -0.05) is 18.9 Å². The van der Waals surface area contributed by atoms with Crippen molar-refractivity contribution >= 4 is 11.7 Å². The van der Waals surface area contributed by atoms with Gasteiger partial charge in [0, 0.05) is 29.3 Å². The van der Waals surface area contributed by atoms with E-state index >= 15 is 0 Å². The van der Waals surface area contributed by atoms with Crippen LogP contribution in [-0.2, 0) is 0 Å². The second-order valence-corrected chi connectivity index (χ2v) is 8.40. The summed E-state index contributed by atoms with van der Waals surface area (Å²) < 4.78 is 1.93. The Bertz CT molecular complexity index is 786. The van der Waals surface area contributed by atoms with E-state index < -0.39 is 0 Å². The van der Waals surface area contributed by atoms with Crippen LogP contribution in [0.5, 0.6) is 0 Å². The molecule has 1 heterocycles. The number of nitrogens with one attached hydrogen (secondary N) is 2. The molecule has 4 saturated carbocycles. The SMILES string of the molecule is O=C(Nc1cccc(-n2ccnc2)c1)NC12CC3CCCC(C3)(C1)C2. The van der Waals surface area contributed by atoms with Crippen molar-refractivity contribution in [1.82, 2.24) is 14.9 Å². The molecule has 25 heavy (non-hydrogen) atoms. The minimum absolute atomic E-state index is 0.0510. The third-order valence-corrected chi connectivity index (χ3v) is 6.43. The molecule has 1 atom stereocenters. The number of hydrogen-bond acceptors (Lipinski definition) is 2. The number of nitrogens with zero attached hydrogens (tertiary/aromatic N) is 2. The molecular formula is C20H24N4O. The van der Waals surface area contributed by atoms with Crippen molar-refractivity contribution in [2.24, 2.45) is 11.3 Å². The van der Waals surface area contributed by atoms with Crippen molar-refractivity contribution < 1.29 is 4.79 Å². The molecule has 130 valence electrons. The monoisotopic (exact) mass is 336 g/mol. The Morgan fingerprint density at radius 1 is 1.28 bits per heavy atom. The molecule has 4 aliphatic carbocycles. The minimum atomic E-state index is -0.0717. The number of aromatic nitrogens is 2. The predicted molar refractivity (Wildman–Crippen MR) is 96.7 cm³/mol. The molecule has 1 unspecified atom stereocenters. The summed E-state index contributed by atoms with van der Waals surface area (Å²) in [5, 5.41) is 6.34. The van der Waals surface area contributed by atoms with E-state index in [0.29, 0.717) is 5.41 Å². The van der Waals surface area contributed by atoms with Crippen molar-refractivity contribution in [3.63, 3.8) is 0 Å². The summed E-state index contributed by atoms with van der Waals surface area (Å²) >= 11 is 0. The highest BCUT2D eigenvalue weighted by Gasteiger charge is 2.61. The van der Waals surface area contributed by atoms with Crippen LogP contribution in [0, 0.1) is 11.3 Å².